The van der Waals surface area contributed by atoms with Gasteiger partial charge in [0.2, 0.25) is 0 Å². The zero-order valence-electron chi connectivity index (χ0n) is 18.8. The van der Waals surface area contributed by atoms with E-state index in [0.29, 0.717) is 5.92 Å². The molecule has 0 radical (unpaired) electrons. The van der Waals surface area contributed by atoms with Crippen LogP contribution < -0.4 is 14.8 Å². The Hall–Kier alpha value is -2.55. The van der Waals surface area contributed by atoms with Gasteiger partial charge >= 0.3 is 6.85 Å². The van der Waals surface area contributed by atoms with Crippen molar-refractivity contribution in [2.45, 2.75) is 47.4 Å². The smallest absolute Gasteiger partial charge is 0.293 e. The summed E-state index contributed by atoms with van der Waals surface area (Å²) < 4.78 is 2.35. The van der Waals surface area contributed by atoms with Crippen LogP contribution in [-0.4, -0.2) is 6.85 Å². The lowest BCUT2D eigenvalue weighted by atomic mass is 9.52. The minimum atomic E-state index is 0.0742. The van der Waals surface area contributed by atoms with Crippen LogP contribution in [0.1, 0.15) is 51.7 Å². The normalized spacial score (nSPS) is 14.4. The molecule has 1 aliphatic heterocycles. The van der Waals surface area contributed by atoms with E-state index >= 15 is 0 Å². The van der Waals surface area contributed by atoms with Gasteiger partial charge in [0.1, 0.15) is 5.52 Å². The molecule has 0 atom stereocenters. The summed E-state index contributed by atoms with van der Waals surface area (Å²) in [5.74, 6) is 1.72. The van der Waals surface area contributed by atoms with E-state index in [1.165, 1.54) is 38.9 Å². The van der Waals surface area contributed by atoms with Gasteiger partial charge in [0, 0.05) is 17.0 Å². The zero-order valence-corrected chi connectivity index (χ0v) is 18.8. The predicted octanol–water partition coefficient (Wildman–Crippen LogP) is 5.52. The van der Waals surface area contributed by atoms with Gasteiger partial charge in [-0.2, -0.15) is 0 Å². The molecule has 3 heteroatoms. The number of para-hydroxylation sites is 1. The molecule has 148 valence electrons. The Morgan fingerprint density at radius 3 is 2.31 bits per heavy atom. The molecule has 4 rings (SSSR count). The van der Waals surface area contributed by atoms with Gasteiger partial charge < -0.3 is 0 Å². The van der Waals surface area contributed by atoms with Crippen molar-refractivity contribution >= 4 is 34.6 Å². The average Bonchev–Trinajstić information content (AvgIpc) is 2.68. The Bertz CT molecular complexity index is 1110. The van der Waals surface area contributed by atoms with Crippen LogP contribution >= 0.6 is 0 Å². The molecular formula is C26H32BN2+. The number of hydrogen-bond acceptors (Lipinski definition) is 1. The molecule has 0 saturated carbocycles. The highest BCUT2D eigenvalue weighted by Crippen LogP contribution is 2.37. The number of rotatable bonds is 2. The number of fused-ring (bicyclic) bond motifs is 2. The molecule has 0 N–H and O–H groups in total. The number of hydrogen-bond donors (Lipinski definition) is 0. The number of nitrogens with zero attached hydrogens (tertiary/aromatic N) is 2. The molecule has 1 aliphatic rings. The lowest BCUT2D eigenvalue weighted by molar-refractivity contribution is -0.631. The third-order valence-electron chi connectivity index (χ3n) is 6.29. The van der Waals surface area contributed by atoms with Crippen molar-refractivity contribution in [1.29, 1.82) is 0 Å². The first-order valence-corrected chi connectivity index (χ1v) is 10.7. The van der Waals surface area contributed by atoms with Crippen LogP contribution in [0.25, 0.3) is 16.5 Å². The van der Waals surface area contributed by atoms with E-state index in [4.69, 9.17) is 0 Å². The van der Waals surface area contributed by atoms with Crippen molar-refractivity contribution in [3.05, 3.63) is 71.9 Å². The maximum Gasteiger partial charge on any atom is 0.409 e. The summed E-state index contributed by atoms with van der Waals surface area (Å²) in [6, 6.07) is 20.1. The largest absolute Gasteiger partial charge is 0.409 e. The van der Waals surface area contributed by atoms with Gasteiger partial charge in [-0.25, -0.2) is 4.57 Å². The van der Waals surface area contributed by atoms with Crippen molar-refractivity contribution < 1.29 is 4.57 Å². The molecular weight excluding hydrogens is 351 g/mol. The summed E-state index contributed by atoms with van der Waals surface area (Å²) in [6.07, 6.45) is 2.39. The van der Waals surface area contributed by atoms with E-state index in [-0.39, 0.29) is 12.3 Å². The first-order valence-electron chi connectivity index (χ1n) is 10.7. The van der Waals surface area contributed by atoms with Crippen LogP contribution in [-0.2, 0) is 7.05 Å². The van der Waals surface area contributed by atoms with Crippen LogP contribution in [0.4, 0.5) is 5.82 Å². The van der Waals surface area contributed by atoms with Crippen LogP contribution in [0.2, 0.25) is 6.82 Å². The molecule has 1 aromatic heterocycles. The number of aromatic nitrogens is 1. The molecule has 0 amide bonds. The number of allylic oxidation sites excluding steroid dienone is 1. The second kappa shape index (κ2) is 7.05. The molecule has 2 nitrogen and oxygen atoms in total. The zero-order chi connectivity index (χ0) is 20.9. The van der Waals surface area contributed by atoms with Crippen molar-refractivity contribution in [3.8, 4) is 0 Å². The van der Waals surface area contributed by atoms with Crippen molar-refractivity contribution in [2.75, 3.05) is 4.81 Å². The number of benzene rings is 2. The quantitative estimate of drug-likeness (QED) is 0.417. The average molecular weight is 383 g/mol. The first kappa shape index (κ1) is 19.8. The Morgan fingerprint density at radius 2 is 1.62 bits per heavy atom. The molecule has 2 aromatic carbocycles. The van der Waals surface area contributed by atoms with Gasteiger partial charge in [-0.05, 0) is 40.8 Å². The van der Waals surface area contributed by atoms with Crippen LogP contribution in [0.3, 0.4) is 0 Å². The molecule has 29 heavy (non-hydrogen) atoms. The van der Waals surface area contributed by atoms with Crippen LogP contribution in [0.5, 0.6) is 0 Å². The summed E-state index contributed by atoms with van der Waals surface area (Å²) in [5, 5.41) is 1.35. The third-order valence-corrected chi connectivity index (χ3v) is 6.29. The minimum absolute atomic E-state index is 0.0742. The molecule has 0 bridgehead atoms. The SMILES string of the molecule is CB1c2ccccc2C(C(C)(C)C)=CN1c1cc(C(C)C)c2ccccc2[n+]1C. The Balaban J connectivity index is 2.00. The van der Waals surface area contributed by atoms with Crippen molar-refractivity contribution in [3.63, 3.8) is 0 Å². The second-order valence-corrected chi connectivity index (χ2v) is 9.65. The number of anilines is 1. The topological polar surface area (TPSA) is 7.12 Å². The molecule has 3 aromatic rings. The fourth-order valence-corrected chi connectivity index (χ4v) is 4.61. The lowest BCUT2D eigenvalue weighted by Crippen LogP contribution is -2.52. The summed E-state index contributed by atoms with van der Waals surface area (Å²) in [6.45, 7) is 14.1. The maximum atomic E-state index is 2.47. The predicted molar refractivity (Wildman–Crippen MR) is 127 cm³/mol. The van der Waals surface area contributed by atoms with E-state index in [9.17, 15) is 0 Å². The second-order valence-electron chi connectivity index (χ2n) is 9.65. The Morgan fingerprint density at radius 1 is 0.966 bits per heavy atom. The monoisotopic (exact) mass is 383 g/mol. The van der Waals surface area contributed by atoms with Gasteiger partial charge in [-0.1, -0.05) is 77.1 Å². The number of pyridine rings is 1. The summed E-state index contributed by atoms with van der Waals surface area (Å²) >= 11 is 0. The standard InChI is InChI=1S/C26H32BN2/c1-18(2)21-16-25(28(7)24-15-11-9-12-19(21)24)29-17-22(26(3,4)5)20-13-8-10-14-23(20)27(29)6/h8-18H,1-7H3/q+1. The summed E-state index contributed by atoms with van der Waals surface area (Å²) in [5.41, 5.74) is 6.95. The van der Waals surface area contributed by atoms with E-state index in [2.05, 4.69) is 119 Å². The first-order chi connectivity index (χ1) is 13.7. The molecule has 0 unspecified atom stereocenters. The lowest BCUT2D eigenvalue weighted by Gasteiger charge is -2.33. The van der Waals surface area contributed by atoms with Gasteiger partial charge in [-0.3, -0.25) is 4.81 Å². The number of aryl methyl sites for hydroxylation is 1. The molecule has 0 saturated heterocycles. The fraction of sp³-hybridized carbons (Fsp3) is 0.346. The van der Waals surface area contributed by atoms with E-state index in [1.54, 1.807) is 0 Å². The maximum absolute atomic E-state index is 2.47. The molecule has 2 heterocycles. The van der Waals surface area contributed by atoms with E-state index in [1.807, 2.05) is 0 Å². The van der Waals surface area contributed by atoms with E-state index < -0.39 is 0 Å². The fourth-order valence-electron chi connectivity index (χ4n) is 4.61. The highest BCUT2D eigenvalue weighted by Gasteiger charge is 2.39. The van der Waals surface area contributed by atoms with Crippen LogP contribution in [0.15, 0.2) is 60.8 Å². The van der Waals surface area contributed by atoms with Gasteiger partial charge in [0.25, 0.3) is 5.82 Å². The van der Waals surface area contributed by atoms with Gasteiger partial charge in [-0.15, -0.1) is 0 Å². The molecule has 0 spiro atoms. The van der Waals surface area contributed by atoms with Crippen molar-refractivity contribution in [1.82, 2.24) is 0 Å². The molecule has 0 fully saturated rings. The highest BCUT2D eigenvalue weighted by atomic mass is 15.2. The summed E-state index contributed by atoms with van der Waals surface area (Å²) in [4.78, 5) is 2.47. The third kappa shape index (κ3) is 3.27. The molecule has 0 aliphatic carbocycles. The Labute approximate surface area is 176 Å². The van der Waals surface area contributed by atoms with E-state index in [0.717, 1.165) is 0 Å². The summed E-state index contributed by atoms with van der Waals surface area (Å²) in [7, 11) is 2.19. The van der Waals surface area contributed by atoms with Crippen molar-refractivity contribution in [2.24, 2.45) is 12.5 Å². The van der Waals surface area contributed by atoms with Crippen LogP contribution in [0, 0.1) is 5.41 Å². The highest BCUT2D eigenvalue weighted by molar-refractivity contribution is 6.77. The van der Waals surface area contributed by atoms with Gasteiger partial charge in [0.15, 0.2) is 0 Å². The minimum Gasteiger partial charge on any atom is -0.293 e. The Kier molecular flexibility index (Phi) is 4.81. The van der Waals surface area contributed by atoms with Gasteiger partial charge in [0.05, 0.1) is 13.2 Å².